The quantitative estimate of drug-likeness (QED) is 0.268. The Kier molecular flexibility index (Phi) is 5.71. The molecule has 42 heavy (non-hydrogen) atoms. The van der Waals surface area contributed by atoms with Crippen molar-refractivity contribution in [3.8, 4) is 5.69 Å². The van der Waals surface area contributed by atoms with Gasteiger partial charge in [0.2, 0.25) is 5.03 Å². The Morgan fingerprint density at radius 3 is 2.45 bits per heavy atom. The largest absolute Gasteiger partial charge is 0.416 e. The molecule has 2 aliphatic rings. The van der Waals surface area contributed by atoms with Crippen LogP contribution < -0.4 is 0 Å². The maximum atomic E-state index is 13.6. The van der Waals surface area contributed by atoms with Gasteiger partial charge in [0.25, 0.3) is 10.0 Å². The van der Waals surface area contributed by atoms with E-state index in [4.69, 9.17) is 0 Å². The van der Waals surface area contributed by atoms with Gasteiger partial charge in [0.1, 0.15) is 5.82 Å². The average molecular weight is 597 g/mol. The van der Waals surface area contributed by atoms with Crippen molar-refractivity contribution in [2.75, 3.05) is 13.1 Å². The maximum absolute atomic E-state index is 13.6. The number of hydrogen-bond donors (Lipinski definition) is 0. The standard InChI is InChI=1S/C29H24F4N6O2S/c1-17-10-25-19(13-35-39(25)22-8-6-21(30)7-9-22)12-23(17)28-16-38(42(40,41)26-14-34-37(2)36-26)15-24(28)27(28)18-4-3-5-20(11-18)29(31,32)33/h3-14,24,27H,15-16H2,1-2H3/t24-,27+,28+/m0/s1. The van der Waals surface area contributed by atoms with Crippen LogP contribution in [0.4, 0.5) is 17.6 Å². The smallest absolute Gasteiger partial charge is 0.233 e. The van der Waals surface area contributed by atoms with E-state index in [-0.39, 0.29) is 35.8 Å². The fraction of sp³-hybridized carbons (Fsp3) is 0.276. The Balaban J connectivity index is 1.34. The van der Waals surface area contributed by atoms with Crippen molar-refractivity contribution in [2.24, 2.45) is 13.0 Å². The van der Waals surface area contributed by atoms with Crippen molar-refractivity contribution in [1.82, 2.24) is 29.1 Å². The Morgan fingerprint density at radius 1 is 1.00 bits per heavy atom. The molecule has 2 aromatic heterocycles. The van der Waals surface area contributed by atoms with E-state index in [9.17, 15) is 26.0 Å². The van der Waals surface area contributed by atoms with Crippen LogP contribution in [0.1, 0.15) is 28.2 Å². The molecule has 3 heterocycles. The van der Waals surface area contributed by atoms with Crippen molar-refractivity contribution < 1.29 is 26.0 Å². The van der Waals surface area contributed by atoms with Crippen LogP contribution in [-0.2, 0) is 28.7 Å². The van der Waals surface area contributed by atoms with Gasteiger partial charge in [-0.25, -0.2) is 17.5 Å². The van der Waals surface area contributed by atoms with E-state index in [0.717, 1.165) is 28.1 Å². The molecule has 1 saturated carbocycles. The van der Waals surface area contributed by atoms with Gasteiger partial charge in [0.05, 0.1) is 29.2 Å². The first-order valence-corrected chi connectivity index (χ1v) is 14.6. The number of piperidine rings is 1. The van der Waals surface area contributed by atoms with Gasteiger partial charge in [-0.2, -0.15) is 32.5 Å². The molecule has 8 nitrogen and oxygen atoms in total. The molecule has 7 rings (SSSR count). The first-order valence-electron chi connectivity index (χ1n) is 13.2. The highest BCUT2D eigenvalue weighted by Crippen LogP contribution is 2.70. The maximum Gasteiger partial charge on any atom is 0.416 e. The highest BCUT2D eigenvalue weighted by atomic mass is 32.2. The second kappa shape index (κ2) is 8.95. The topological polar surface area (TPSA) is 85.9 Å². The third-order valence-electron chi connectivity index (χ3n) is 8.59. The summed E-state index contributed by atoms with van der Waals surface area (Å²) >= 11 is 0. The summed E-state index contributed by atoms with van der Waals surface area (Å²) in [6.07, 6.45) is -1.63. The average Bonchev–Trinajstić information content (AvgIpc) is 3.36. The molecule has 0 amide bonds. The van der Waals surface area contributed by atoms with Crippen molar-refractivity contribution in [2.45, 2.75) is 29.5 Å². The highest BCUT2D eigenvalue weighted by molar-refractivity contribution is 7.89. The molecule has 3 aromatic carbocycles. The van der Waals surface area contributed by atoms with Crippen molar-refractivity contribution in [3.63, 3.8) is 0 Å². The molecule has 5 aromatic rings. The van der Waals surface area contributed by atoms with Crippen LogP contribution in [-0.4, -0.2) is 50.6 Å². The third-order valence-corrected chi connectivity index (χ3v) is 10.3. The number of rotatable bonds is 5. The fourth-order valence-corrected chi connectivity index (χ4v) is 8.10. The number of alkyl halides is 3. The van der Waals surface area contributed by atoms with Gasteiger partial charge < -0.3 is 0 Å². The minimum absolute atomic E-state index is 0.0793. The van der Waals surface area contributed by atoms with Crippen LogP contribution in [0.5, 0.6) is 0 Å². The number of hydrogen-bond acceptors (Lipinski definition) is 5. The molecule has 1 aliphatic heterocycles. The summed E-state index contributed by atoms with van der Waals surface area (Å²) in [4.78, 5) is 1.17. The molecule has 3 atom stereocenters. The molecular weight excluding hydrogens is 572 g/mol. The molecule has 1 aliphatic carbocycles. The predicted octanol–water partition coefficient (Wildman–Crippen LogP) is 4.98. The van der Waals surface area contributed by atoms with Crippen molar-refractivity contribution in [1.29, 1.82) is 0 Å². The molecule has 13 heteroatoms. The number of aromatic nitrogens is 5. The lowest BCUT2D eigenvalue weighted by molar-refractivity contribution is -0.137. The molecule has 0 radical (unpaired) electrons. The van der Waals surface area contributed by atoms with E-state index >= 15 is 0 Å². The minimum atomic E-state index is -4.50. The summed E-state index contributed by atoms with van der Waals surface area (Å²) in [5, 5.41) is 13.0. The van der Waals surface area contributed by atoms with Crippen LogP contribution in [0.25, 0.3) is 16.6 Å². The summed E-state index contributed by atoms with van der Waals surface area (Å²) in [5.74, 6) is -0.942. The summed E-state index contributed by atoms with van der Waals surface area (Å²) < 4.78 is 84.5. The monoisotopic (exact) mass is 596 g/mol. The number of halogens is 4. The van der Waals surface area contributed by atoms with Gasteiger partial charge in [0.15, 0.2) is 0 Å². The second-order valence-corrected chi connectivity index (χ2v) is 12.9. The van der Waals surface area contributed by atoms with E-state index in [1.165, 1.54) is 46.6 Å². The molecule has 1 saturated heterocycles. The van der Waals surface area contributed by atoms with E-state index in [1.54, 1.807) is 29.1 Å². The van der Waals surface area contributed by atoms with E-state index < -0.39 is 27.2 Å². The zero-order valence-electron chi connectivity index (χ0n) is 22.4. The van der Waals surface area contributed by atoms with E-state index in [2.05, 4.69) is 15.3 Å². The number of fused-ring (bicyclic) bond motifs is 2. The van der Waals surface area contributed by atoms with Gasteiger partial charge in [-0.15, -0.1) is 5.10 Å². The Hall–Kier alpha value is -4.10. The Morgan fingerprint density at radius 2 is 1.76 bits per heavy atom. The van der Waals surface area contributed by atoms with Crippen molar-refractivity contribution in [3.05, 3.63) is 101 Å². The highest BCUT2D eigenvalue weighted by Gasteiger charge is 2.71. The molecule has 0 spiro atoms. The van der Waals surface area contributed by atoms with Gasteiger partial charge >= 0.3 is 6.18 Å². The van der Waals surface area contributed by atoms with Crippen molar-refractivity contribution >= 4 is 20.9 Å². The number of sulfonamides is 1. The SMILES string of the molecule is Cc1cc2c(cnn2-c2ccc(F)cc2)cc1[C@]12CN(S(=O)(=O)c3cnn(C)n3)C[C@H]1[C@H]2c1cccc(C(F)(F)F)c1. The molecular formula is C29H24F4N6O2S. The van der Waals surface area contributed by atoms with Crippen LogP contribution in [0.15, 0.2) is 78.1 Å². The van der Waals surface area contributed by atoms with Crippen LogP contribution in [0.3, 0.4) is 0 Å². The number of aryl methyl sites for hydroxylation is 2. The number of nitrogens with zero attached hydrogens (tertiary/aromatic N) is 6. The van der Waals surface area contributed by atoms with Gasteiger partial charge in [-0.3, -0.25) is 0 Å². The third kappa shape index (κ3) is 3.97. The minimum Gasteiger partial charge on any atom is -0.233 e. The Labute approximate surface area is 238 Å². The summed E-state index contributed by atoms with van der Waals surface area (Å²) in [5.41, 5.74) is 2.18. The molecule has 216 valence electrons. The lowest BCUT2D eigenvalue weighted by Crippen LogP contribution is -2.35. The molecule has 0 bridgehead atoms. The van der Waals surface area contributed by atoms with Gasteiger partial charge in [-0.05, 0) is 72.0 Å². The van der Waals surface area contributed by atoms with Gasteiger partial charge in [0, 0.05) is 36.9 Å². The fourth-order valence-electron chi connectivity index (χ4n) is 6.70. The molecule has 0 unspecified atom stereocenters. The summed E-state index contributed by atoms with van der Waals surface area (Å²) in [6, 6.07) is 15.1. The van der Waals surface area contributed by atoms with Gasteiger partial charge in [-0.1, -0.05) is 18.2 Å². The van der Waals surface area contributed by atoms with E-state index in [1.807, 2.05) is 19.1 Å². The zero-order valence-corrected chi connectivity index (χ0v) is 23.2. The summed E-state index contributed by atoms with van der Waals surface area (Å²) in [6.45, 7) is 2.12. The molecule has 0 N–H and O–H groups in total. The zero-order chi connectivity index (χ0) is 29.6. The first-order chi connectivity index (χ1) is 19.9. The van der Waals surface area contributed by atoms with Crippen LogP contribution in [0.2, 0.25) is 0 Å². The normalized spacial score (nSPS) is 22.5. The lowest BCUT2D eigenvalue weighted by atomic mass is 9.86. The first kappa shape index (κ1) is 26.8. The summed E-state index contributed by atoms with van der Waals surface area (Å²) in [7, 11) is -2.46. The predicted molar refractivity (Wildman–Crippen MR) is 145 cm³/mol. The van der Waals surface area contributed by atoms with Crippen LogP contribution in [0, 0.1) is 18.7 Å². The van der Waals surface area contributed by atoms with Crippen LogP contribution >= 0.6 is 0 Å². The Bertz CT molecular complexity index is 1970. The second-order valence-electron chi connectivity index (χ2n) is 11.0. The molecule has 2 fully saturated rings. The number of benzene rings is 3. The lowest BCUT2D eigenvalue weighted by Gasteiger charge is -2.25. The van der Waals surface area contributed by atoms with E-state index in [0.29, 0.717) is 11.3 Å².